The lowest BCUT2D eigenvalue weighted by molar-refractivity contribution is 0.102. The molecule has 0 aliphatic heterocycles. The fraction of sp³-hybridized carbons (Fsp3) is 0.278. The fourth-order valence-electron chi connectivity index (χ4n) is 2.14. The number of nitrogens with one attached hydrogen (secondary N) is 1. The molecule has 5 nitrogen and oxygen atoms in total. The first-order valence-electron chi connectivity index (χ1n) is 7.63. The second-order valence-corrected chi connectivity index (χ2v) is 6.00. The largest absolute Gasteiger partial charge is 0.494 e. The number of hydrogen-bond donors (Lipinski definition) is 1. The maximum Gasteiger partial charge on any atom is 0.255 e. The monoisotopic (exact) mass is 441 g/mol. The summed E-state index contributed by atoms with van der Waals surface area (Å²) in [6, 6.07) is 10.7. The van der Waals surface area contributed by atoms with Crippen LogP contribution in [0.2, 0.25) is 0 Å². The van der Waals surface area contributed by atoms with Gasteiger partial charge in [0.25, 0.3) is 5.91 Å². The molecular weight excluding hydrogens is 421 g/mol. The van der Waals surface area contributed by atoms with Crippen molar-refractivity contribution in [2.24, 2.45) is 0 Å². The minimum Gasteiger partial charge on any atom is -0.494 e. The van der Waals surface area contributed by atoms with Gasteiger partial charge in [-0.25, -0.2) is 0 Å². The molecule has 2 aromatic carbocycles. The van der Waals surface area contributed by atoms with Crippen LogP contribution in [0.1, 0.15) is 24.2 Å². The lowest BCUT2D eigenvalue weighted by atomic mass is 10.1. The van der Waals surface area contributed by atoms with Crippen molar-refractivity contribution >= 4 is 34.2 Å². The van der Waals surface area contributed by atoms with Gasteiger partial charge in [0.15, 0.2) is 11.5 Å². The molecule has 6 heteroatoms. The molecule has 0 fully saturated rings. The lowest BCUT2D eigenvalue weighted by Crippen LogP contribution is -2.13. The average molecular weight is 441 g/mol. The number of carbonyl (C=O) groups excluding carboxylic acids is 1. The lowest BCUT2D eigenvalue weighted by Gasteiger charge is -2.13. The highest BCUT2D eigenvalue weighted by molar-refractivity contribution is 14.1. The summed E-state index contributed by atoms with van der Waals surface area (Å²) in [5, 5.41) is 2.86. The van der Waals surface area contributed by atoms with Crippen LogP contribution in [0.4, 0.5) is 5.69 Å². The van der Waals surface area contributed by atoms with Crippen molar-refractivity contribution in [2.45, 2.75) is 13.8 Å². The third-order valence-corrected chi connectivity index (χ3v) is 4.00. The van der Waals surface area contributed by atoms with Crippen molar-refractivity contribution in [3.05, 3.63) is 45.5 Å². The first-order chi connectivity index (χ1) is 11.6. The number of methoxy groups -OCH3 is 1. The molecule has 0 unspecified atom stereocenters. The smallest absolute Gasteiger partial charge is 0.255 e. The van der Waals surface area contributed by atoms with E-state index in [1.165, 1.54) is 0 Å². The maximum atomic E-state index is 12.5. The number of rotatable bonds is 7. The van der Waals surface area contributed by atoms with E-state index >= 15 is 0 Å². The Morgan fingerprint density at radius 1 is 1.08 bits per heavy atom. The first kappa shape index (κ1) is 18.4. The van der Waals surface area contributed by atoms with Crippen LogP contribution in [0.15, 0.2) is 36.4 Å². The number of anilines is 1. The summed E-state index contributed by atoms with van der Waals surface area (Å²) >= 11 is 2.13. The minimum atomic E-state index is -0.210. The Morgan fingerprint density at radius 3 is 2.33 bits per heavy atom. The third-order valence-electron chi connectivity index (χ3n) is 3.20. The maximum absolute atomic E-state index is 12.5. The number of carbonyl (C=O) groups is 1. The van der Waals surface area contributed by atoms with E-state index in [9.17, 15) is 4.79 Å². The van der Waals surface area contributed by atoms with Gasteiger partial charge in [0.2, 0.25) is 0 Å². The number of hydrogen-bond acceptors (Lipinski definition) is 4. The molecule has 0 bridgehead atoms. The molecule has 0 aliphatic carbocycles. The van der Waals surface area contributed by atoms with E-state index < -0.39 is 0 Å². The molecule has 0 spiro atoms. The van der Waals surface area contributed by atoms with Crippen LogP contribution in [-0.2, 0) is 0 Å². The predicted molar refractivity (Wildman–Crippen MR) is 102 cm³/mol. The summed E-state index contributed by atoms with van der Waals surface area (Å²) < 4.78 is 17.1. The Labute approximate surface area is 155 Å². The quantitative estimate of drug-likeness (QED) is 0.650. The average Bonchev–Trinajstić information content (AvgIpc) is 2.58. The Balaban J connectivity index is 2.18. The van der Waals surface area contributed by atoms with E-state index in [0.717, 1.165) is 9.32 Å². The fourth-order valence-corrected chi connectivity index (χ4v) is 2.90. The summed E-state index contributed by atoms with van der Waals surface area (Å²) in [7, 11) is 1.56. The summed E-state index contributed by atoms with van der Waals surface area (Å²) in [6.45, 7) is 4.97. The van der Waals surface area contributed by atoms with Crippen molar-refractivity contribution in [3.63, 3.8) is 0 Å². The molecule has 0 atom stereocenters. The Morgan fingerprint density at radius 2 is 1.75 bits per heavy atom. The van der Waals surface area contributed by atoms with Gasteiger partial charge in [-0.05, 0) is 72.8 Å². The zero-order valence-electron chi connectivity index (χ0n) is 13.9. The van der Waals surface area contributed by atoms with Crippen LogP contribution >= 0.6 is 22.6 Å². The standard InChI is InChI=1S/C18H20INO4/c1-4-23-14-8-6-13(7-9-14)20-18(21)12-10-15(19)17(24-5-2)16(11-12)22-3/h6-11H,4-5H2,1-3H3,(H,20,21). The molecular formula is C18H20INO4. The van der Waals surface area contributed by atoms with Gasteiger partial charge in [-0.3, -0.25) is 4.79 Å². The second-order valence-electron chi connectivity index (χ2n) is 4.83. The SMILES string of the molecule is CCOc1ccc(NC(=O)c2cc(I)c(OCC)c(OC)c2)cc1. The van der Waals surface area contributed by atoms with Gasteiger partial charge in [0.1, 0.15) is 5.75 Å². The highest BCUT2D eigenvalue weighted by atomic mass is 127. The van der Waals surface area contributed by atoms with E-state index in [1.54, 1.807) is 31.4 Å². The molecule has 2 rings (SSSR count). The molecule has 1 N–H and O–H groups in total. The van der Waals surface area contributed by atoms with E-state index in [4.69, 9.17) is 14.2 Å². The molecule has 0 aliphatic rings. The van der Waals surface area contributed by atoms with E-state index in [1.807, 2.05) is 26.0 Å². The van der Waals surface area contributed by atoms with Gasteiger partial charge >= 0.3 is 0 Å². The van der Waals surface area contributed by atoms with Crippen LogP contribution < -0.4 is 19.5 Å². The van der Waals surface area contributed by atoms with Crippen LogP contribution in [0, 0.1) is 3.57 Å². The van der Waals surface area contributed by atoms with Gasteiger partial charge < -0.3 is 19.5 Å². The normalized spacial score (nSPS) is 10.2. The molecule has 0 radical (unpaired) electrons. The molecule has 128 valence electrons. The van der Waals surface area contributed by atoms with E-state index in [0.29, 0.717) is 36.0 Å². The molecule has 0 aromatic heterocycles. The summed E-state index contributed by atoms with van der Waals surface area (Å²) in [5.41, 5.74) is 1.21. The molecule has 24 heavy (non-hydrogen) atoms. The third kappa shape index (κ3) is 4.53. The Kier molecular flexibility index (Phi) is 6.72. The number of benzene rings is 2. The van der Waals surface area contributed by atoms with Crippen molar-refractivity contribution in [2.75, 3.05) is 25.6 Å². The van der Waals surface area contributed by atoms with Crippen LogP contribution in [0.3, 0.4) is 0 Å². The zero-order chi connectivity index (χ0) is 17.5. The Hall–Kier alpha value is -1.96. The van der Waals surface area contributed by atoms with Gasteiger partial charge in [0, 0.05) is 11.3 Å². The number of halogens is 1. The highest BCUT2D eigenvalue weighted by Crippen LogP contribution is 2.34. The van der Waals surface area contributed by atoms with E-state index in [2.05, 4.69) is 27.9 Å². The van der Waals surface area contributed by atoms with Crippen LogP contribution in [0.25, 0.3) is 0 Å². The van der Waals surface area contributed by atoms with Gasteiger partial charge in [-0.15, -0.1) is 0 Å². The zero-order valence-corrected chi connectivity index (χ0v) is 16.0. The Bertz CT molecular complexity index is 701. The van der Waals surface area contributed by atoms with Crippen LogP contribution in [0.5, 0.6) is 17.2 Å². The molecule has 2 aromatic rings. The number of ether oxygens (including phenoxy) is 3. The molecule has 0 heterocycles. The van der Waals surface area contributed by atoms with Crippen molar-refractivity contribution in [1.82, 2.24) is 0 Å². The van der Waals surface area contributed by atoms with Gasteiger partial charge in [-0.1, -0.05) is 0 Å². The van der Waals surface area contributed by atoms with Gasteiger partial charge in [-0.2, -0.15) is 0 Å². The topological polar surface area (TPSA) is 56.8 Å². The van der Waals surface area contributed by atoms with Crippen molar-refractivity contribution in [3.8, 4) is 17.2 Å². The highest BCUT2D eigenvalue weighted by Gasteiger charge is 2.15. The molecule has 1 amide bonds. The summed E-state index contributed by atoms with van der Waals surface area (Å²) in [5.74, 6) is 1.75. The summed E-state index contributed by atoms with van der Waals surface area (Å²) in [4.78, 5) is 12.5. The first-order valence-corrected chi connectivity index (χ1v) is 8.71. The number of amides is 1. The van der Waals surface area contributed by atoms with Crippen molar-refractivity contribution in [1.29, 1.82) is 0 Å². The molecule has 0 saturated heterocycles. The van der Waals surface area contributed by atoms with Crippen molar-refractivity contribution < 1.29 is 19.0 Å². The minimum absolute atomic E-state index is 0.210. The summed E-state index contributed by atoms with van der Waals surface area (Å²) in [6.07, 6.45) is 0. The van der Waals surface area contributed by atoms with Crippen LogP contribution in [-0.4, -0.2) is 26.2 Å². The second kappa shape index (κ2) is 8.77. The predicted octanol–water partition coefficient (Wildman–Crippen LogP) is 4.35. The van der Waals surface area contributed by atoms with Gasteiger partial charge in [0.05, 0.1) is 23.9 Å². The molecule has 0 saturated carbocycles. The van der Waals surface area contributed by atoms with E-state index in [-0.39, 0.29) is 5.91 Å².